The third-order valence-electron chi connectivity index (χ3n) is 11.9. The predicted molar refractivity (Wildman–Crippen MR) is 242 cm³/mol. The quantitative estimate of drug-likeness (QED) is 0.191. The fourth-order valence-corrected chi connectivity index (χ4v) is 8.11. The first-order valence-electron chi connectivity index (χ1n) is 22.5. The Balaban J connectivity index is 0.000000350. The lowest BCUT2D eigenvalue weighted by Gasteiger charge is -2.36. The fourth-order valence-electron chi connectivity index (χ4n) is 8.11. The molecule has 2 fully saturated rings. The molecule has 0 aliphatic carbocycles. The van der Waals surface area contributed by atoms with Crippen molar-refractivity contribution >= 4 is 0 Å². The van der Waals surface area contributed by atoms with E-state index >= 15 is 0 Å². The smallest absolute Gasteiger partial charge is 0.0524 e. The molecule has 3 N–H and O–H groups in total. The minimum Gasteiger partial charge on any atom is -0.381 e. The van der Waals surface area contributed by atoms with Crippen molar-refractivity contribution in [2.75, 3.05) is 26.4 Å². The summed E-state index contributed by atoms with van der Waals surface area (Å²) in [5, 5.41) is 14.2. The third kappa shape index (κ3) is 16.8. The van der Waals surface area contributed by atoms with E-state index in [2.05, 4.69) is 170 Å². The lowest BCUT2D eigenvalue weighted by Crippen LogP contribution is -2.34. The number of H-pyrrole nitrogens is 3. The van der Waals surface area contributed by atoms with Crippen molar-refractivity contribution in [2.45, 2.75) is 180 Å². The van der Waals surface area contributed by atoms with Crippen molar-refractivity contribution in [3.05, 3.63) is 58.4 Å². The van der Waals surface area contributed by atoms with Gasteiger partial charge in [0, 0.05) is 49.7 Å². The van der Waals surface area contributed by atoms with Gasteiger partial charge in [0.15, 0.2) is 0 Å². The molecule has 4 atom stereocenters. The summed E-state index contributed by atoms with van der Waals surface area (Å²) in [6.45, 7) is 48.8. The van der Waals surface area contributed by atoms with Gasteiger partial charge in [0.05, 0.1) is 12.4 Å². The summed E-state index contributed by atoms with van der Waals surface area (Å²) < 4.78 is 11.0. The van der Waals surface area contributed by atoms with E-state index in [1.54, 1.807) is 0 Å². The lowest BCUT2D eigenvalue weighted by atomic mass is 9.75. The summed E-state index contributed by atoms with van der Waals surface area (Å²) in [7, 11) is 0. The van der Waals surface area contributed by atoms with Crippen LogP contribution in [0.5, 0.6) is 0 Å². The Bertz CT molecular complexity index is 1190. The average Bonchev–Trinajstić information content (AvgIpc) is 3.95. The second kappa shape index (κ2) is 25.9. The molecule has 2 aliphatic rings. The SMILES string of the molecule is CC(C)C1CCOCC1C(C)C.CC(C)C1COCC1C(C)C.CC(C)c1cc[nH]c1C(C)C.CC(C)c1cn[nH]c1C(C)C.CC(C)c1cn[nH]c1C(C)C. The number of aromatic amines is 3. The second-order valence-electron chi connectivity index (χ2n) is 19.8. The Morgan fingerprint density at radius 1 is 0.446 bits per heavy atom. The Labute approximate surface area is 346 Å². The van der Waals surface area contributed by atoms with Crippen LogP contribution in [0.2, 0.25) is 0 Å². The maximum Gasteiger partial charge on any atom is 0.0524 e. The number of aromatic nitrogens is 5. The van der Waals surface area contributed by atoms with Crippen LogP contribution in [-0.4, -0.2) is 51.8 Å². The fraction of sp³-hybridized carbons (Fsp3) is 0.796. The molecule has 0 amide bonds. The zero-order chi connectivity index (χ0) is 42.9. The molecule has 4 unspecified atom stereocenters. The zero-order valence-electron chi connectivity index (χ0n) is 40.1. The van der Waals surface area contributed by atoms with Crippen LogP contribution in [0, 0.1) is 47.3 Å². The van der Waals surface area contributed by atoms with Crippen LogP contribution in [-0.2, 0) is 9.47 Å². The Kier molecular flexibility index (Phi) is 23.9. The van der Waals surface area contributed by atoms with Crippen molar-refractivity contribution in [1.82, 2.24) is 25.4 Å². The molecule has 0 saturated carbocycles. The van der Waals surface area contributed by atoms with Gasteiger partial charge in [0.2, 0.25) is 0 Å². The van der Waals surface area contributed by atoms with Gasteiger partial charge in [0.25, 0.3) is 0 Å². The maximum absolute atomic E-state index is 5.52. The molecule has 0 radical (unpaired) electrons. The highest BCUT2D eigenvalue weighted by molar-refractivity contribution is 5.26. The second-order valence-corrected chi connectivity index (χ2v) is 19.8. The lowest BCUT2D eigenvalue weighted by molar-refractivity contribution is -0.0177. The molecule has 5 heterocycles. The molecular weight excluding hydrogens is 691 g/mol. The molecular formula is C49H91N5O2. The monoisotopic (exact) mass is 782 g/mol. The van der Waals surface area contributed by atoms with Crippen LogP contribution < -0.4 is 0 Å². The van der Waals surface area contributed by atoms with Crippen molar-refractivity contribution in [2.24, 2.45) is 47.3 Å². The predicted octanol–water partition coefficient (Wildman–Crippen LogP) is 14.1. The van der Waals surface area contributed by atoms with Gasteiger partial charge in [-0.2, -0.15) is 10.2 Å². The molecule has 0 spiro atoms. The van der Waals surface area contributed by atoms with E-state index in [1.165, 1.54) is 40.2 Å². The van der Waals surface area contributed by atoms with Crippen molar-refractivity contribution < 1.29 is 9.47 Å². The van der Waals surface area contributed by atoms with Gasteiger partial charge in [-0.25, -0.2) is 0 Å². The van der Waals surface area contributed by atoms with Gasteiger partial charge in [-0.05, 0) is 112 Å². The van der Waals surface area contributed by atoms with E-state index in [0.717, 1.165) is 73.8 Å². The summed E-state index contributed by atoms with van der Waals surface area (Å²) in [6.07, 6.45) is 7.16. The van der Waals surface area contributed by atoms with Gasteiger partial charge in [-0.15, -0.1) is 0 Å². The summed E-state index contributed by atoms with van der Waals surface area (Å²) in [4.78, 5) is 3.29. The molecule has 2 aliphatic heterocycles. The van der Waals surface area contributed by atoms with Crippen LogP contribution >= 0.6 is 0 Å². The highest BCUT2D eigenvalue weighted by Crippen LogP contribution is 2.34. The van der Waals surface area contributed by atoms with E-state index in [-0.39, 0.29) is 0 Å². The first-order chi connectivity index (χ1) is 26.1. The average molecular weight is 782 g/mol. The molecule has 0 aromatic carbocycles. The van der Waals surface area contributed by atoms with Gasteiger partial charge >= 0.3 is 0 Å². The van der Waals surface area contributed by atoms with E-state index in [4.69, 9.17) is 9.47 Å². The maximum atomic E-state index is 5.52. The van der Waals surface area contributed by atoms with Crippen LogP contribution in [0.15, 0.2) is 24.7 Å². The van der Waals surface area contributed by atoms with Crippen LogP contribution in [0.3, 0.4) is 0 Å². The van der Waals surface area contributed by atoms with Crippen LogP contribution in [0.4, 0.5) is 0 Å². The molecule has 3 aromatic rings. The molecule has 324 valence electrons. The first kappa shape index (κ1) is 51.6. The van der Waals surface area contributed by atoms with E-state index < -0.39 is 0 Å². The minimum atomic E-state index is 0.551. The highest BCUT2D eigenvalue weighted by Gasteiger charge is 2.32. The number of ether oxygens (including phenoxy) is 2. The van der Waals surface area contributed by atoms with E-state index in [1.807, 2.05) is 18.6 Å². The molecule has 0 bridgehead atoms. The zero-order valence-corrected chi connectivity index (χ0v) is 40.1. The topological polar surface area (TPSA) is 91.6 Å². The van der Waals surface area contributed by atoms with Crippen LogP contribution in [0.1, 0.15) is 214 Å². The summed E-state index contributed by atoms with van der Waals surface area (Å²) >= 11 is 0. The molecule has 5 rings (SSSR count). The third-order valence-corrected chi connectivity index (χ3v) is 11.9. The van der Waals surface area contributed by atoms with Gasteiger partial charge in [-0.3, -0.25) is 10.2 Å². The number of rotatable bonds is 10. The number of nitrogens with one attached hydrogen (secondary N) is 3. The Morgan fingerprint density at radius 2 is 0.804 bits per heavy atom. The first-order valence-corrected chi connectivity index (χ1v) is 22.5. The standard InChI is InChI=1S/C11H22O.C10H17N.C10H20O.2C9H16N2/c1-8(2)10-5-6-12-7-11(10)9(3)4;1-7(2)9-5-6-11-10(9)8(3)4;1-7(2)9-5-11-6-10(9)8(3)4;2*1-6(2)8-5-10-11-9(8)7(3)4/h8-11H,5-7H2,1-4H3;5-8,11H,1-4H3;7-10H,5-6H2,1-4H3;2*5-7H,1-4H3,(H,10,11). The van der Waals surface area contributed by atoms with Gasteiger partial charge < -0.3 is 14.5 Å². The van der Waals surface area contributed by atoms with E-state index in [9.17, 15) is 0 Å². The number of hydrogen-bond donors (Lipinski definition) is 3. The van der Waals surface area contributed by atoms with E-state index in [0.29, 0.717) is 35.5 Å². The normalized spacial score (nSPS) is 19.8. The Morgan fingerprint density at radius 3 is 1.09 bits per heavy atom. The van der Waals surface area contributed by atoms with Crippen molar-refractivity contribution in [1.29, 1.82) is 0 Å². The number of nitrogens with zero attached hydrogens (tertiary/aromatic N) is 2. The summed E-state index contributed by atoms with van der Waals surface area (Å²) in [5.74, 6) is 9.94. The van der Waals surface area contributed by atoms with Gasteiger partial charge in [0.1, 0.15) is 0 Å². The summed E-state index contributed by atoms with van der Waals surface area (Å²) in [5.41, 5.74) is 8.10. The van der Waals surface area contributed by atoms with Crippen molar-refractivity contribution in [3.8, 4) is 0 Å². The number of hydrogen-bond acceptors (Lipinski definition) is 4. The van der Waals surface area contributed by atoms with Crippen LogP contribution in [0.25, 0.3) is 0 Å². The molecule has 56 heavy (non-hydrogen) atoms. The molecule has 7 heteroatoms. The highest BCUT2D eigenvalue weighted by atomic mass is 16.5. The molecule has 2 saturated heterocycles. The van der Waals surface area contributed by atoms with Crippen molar-refractivity contribution in [3.63, 3.8) is 0 Å². The Hall–Kier alpha value is -2.38. The molecule has 3 aromatic heterocycles. The largest absolute Gasteiger partial charge is 0.381 e. The van der Waals surface area contributed by atoms with Gasteiger partial charge in [-0.1, -0.05) is 138 Å². The summed E-state index contributed by atoms with van der Waals surface area (Å²) in [6, 6.07) is 2.18. The molecule has 7 nitrogen and oxygen atoms in total. The minimum absolute atomic E-state index is 0.551.